The number of ether oxygens (including phenoxy) is 1. The molecule has 2 N–H and O–H groups in total. The summed E-state index contributed by atoms with van der Waals surface area (Å²) in [6.07, 6.45) is 0.213. The van der Waals surface area contributed by atoms with E-state index in [-0.39, 0.29) is 6.61 Å². The predicted octanol–water partition coefficient (Wildman–Crippen LogP) is 1.30. The van der Waals surface area contributed by atoms with E-state index in [1.165, 1.54) is 0 Å². The van der Waals surface area contributed by atoms with Gasteiger partial charge in [-0.25, -0.2) is 0 Å². The third-order valence-electron chi connectivity index (χ3n) is 2.41. The van der Waals surface area contributed by atoms with Crippen molar-refractivity contribution in [2.24, 2.45) is 0 Å². The maximum Gasteiger partial charge on any atom is 0.119 e. The molecule has 0 amide bonds. The highest BCUT2D eigenvalue weighted by Crippen LogP contribution is 2.11. The van der Waals surface area contributed by atoms with Gasteiger partial charge in [-0.15, -0.1) is 11.8 Å². The van der Waals surface area contributed by atoms with Crippen LogP contribution in [-0.2, 0) is 0 Å². The largest absolute Gasteiger partial charge is 0.491 e. The summed E-state index contributed by atoms with van der Waals surface area (Å²) in [4.78, 5) is 0. The second kappa shape index (κ2) is 8.99. The number of nitrogens with zero attached hydrogens (tertiary/aromatic N) is 1. The quantitative estimate of drug-likeness (QED) is 0.571. The summed E-state index contributed by atoms with van der Waals surface area (Å²) in [5.41, 5.74) is 0.589. The molecule has 0 radical (unpaired) electrons. The lowest BCUT2D eigenvalue weighted by Crippen LogP contribution is -2.31. The molecule has 0 bridgehead atoms. The number of aliphatic hydroxyl groups excluding tert-OH is 1. The molecule has 1 aromatic carbocycles. The number of rotatable bonds is 7. The van der Waals surface area contributed by atoms with Crippen molar-refractivity contribution >= 4 is 0 Å². The van der Waals surface area contributed by atoms with E-state index in [1.54, 1.807) is 31.2 Å². The molecule has 0 aromatic heterocycles. The zero-order chi connectivity index (χ0) is 13.9. The molecule has 4 nitrogen and oxygen atoms in total. The number of hydrogen-bond donors (Lipinski definition) is 2. The van der Waals surface area contributed by atoms with Crippen LogP contribution in [0, 0.1) is 23.2 Å². The normalized spacial score (nSPS) is 11.0. The van der Waals surface area contributed by atoms with Gasteiger partial charge in [-0.1, -0.05) is 0 Å². The van der Waals surface area contributed by atoms with Crippen LogP contribution in [0.2, 0.25) is 0 Å². The topological polar surface area (TPSA) is 65.3 Å². The van der Waals surface area contributed by atoms with Gasteiger partial charge in [-0.05, 0) is 31.2 Å². The Morgan fingerprint density at radius 2 is 2.11 bits per heavy atom. The Morgan fingerprint density at radius 1 is 1.37 bits per heavy atom. The van der Waals surface area contributed by atoms with Gasteiger partial charge in [0, 0.05) is 19.5 Å². The molecule has 1 rings (SSSR count). The highest BCUT2D eigenvalue weighted by molar-refractivity contribution is 5.34. The van der Waals surface area contributed by atoms with Gasteiger partial charge in [0.1, 0.15) is 18.5 Å². The molecule has 100 valence electrons. The highest BCUT2D eigenvalue weighted by Gasteiger charge is 2.04. The van der Waals surface area contributed by atoms with Crippen LogP contribution in [0.3, 0.4) is 0 Å². The lowest BCUT2D eigenvalue weighted by molar-refractivity contribution is 0.107. The van der Waals surface area contributed by atoms with Gasteiger partial charge in [-0.3, -0.25) is 0 Å². The monoisotopic (exact) mass is 258 g/mol. The number of hydrogen-bond acceptors (Lipinski definition) is 4. The van der Waals surface area contributed by atoms with Gasteiger partial charge >= 0.3 is 0 Å². The SMILES string of the molecule is CC#CCCNCC(O)COc1ccc(C#N)cc1. The van der Waals surface area contributed by atoms with Crippen LogP contribution in [0.1, 0.15) is 18.9 Å². The molecule has 0 saturated heterocycles. The summed E-state index contributed by atoms with van der Waals surface area (Å²) in [6.45, 7) is 3.26. The van der Waals surface area contributed by atoms with Crippen molar-refractivity contribution in [3.8, 4) is 23.7 Å². The molecule has 0 aliphatic rings. The van der Waals surface area contributed by atoms with Crippen molar-refractivity contribution in [2.75, 3.05) is 19.7 Å². The molecule has 0 fully saturated rings. The highest BCUT2D eigenvalue weighted by atomic mass is 16.5. The van der Waals surface area contributed by atoms with Crippen LogP contribution >= 0.6 is 0 Å². The second-order valence-corrected chi connectivity index (χ2v) is 3.98. The Bertz CT molecular complexity index is 466. The van der Waals surface area contributed by atoms with E-state index in [2.05, 4.69) is 17.2 Å². The maximum atomic E-state index is 9.69. The first-order chi connectivity index (χ1) is 9.26. The van der Waals surface area contributed by atoms with Crippen LogP contribution in [0.5, 0.6) is 5.75 Å². The van der Waals surface area contributed by atoms with Gasteiger partial charge < -0.3 is 15.2 Å². The lowest BCUT2D eigenvalue weighted by atomic mass is 10.2. The second-order valence-electron chi connectivity index (χ2n) is 3.98. The van der Waals surface area contributed by atoms with Crippen molar-refractivity contribution in [3.05, 3.63) is 29.8 Å². The minimum Gasteiger partial charge on any atom is -0.491 e. The zero-order valence-electron chi connectivity index (χ0n) is 11.0. The summed E-state index contributed by atoms with van der Waals surface area (Å²) < 4.78 is 5.42. The van der Waals surface area contributed by atoms with E-state index in [1.807, 2.05) is 6.07 Å². The molecule has 0 spiro atoms. The molecule has 0 aliphatic heterocycles. The van der Waals surface area contributed by atoms with Gasteiger partial charge in [-0.2, -0.15) is 5.26 Å². The Balaban J connectivity index is 2.19. The molecule has 0 saturated carbocycles. The van der Waals surface area contributed by atoms with Gasteiger partial charge in [0.15, 0.2) is 0 Å². The molecular formula is C15H18N2O2. The fourth-order valence-electron chi connectivity index (χ4n) is 1.42. The standard InChI is InChI=1S/C15H18N2O2/c1-2-3-4-9-17-11-14(18)12-19-15-7-5-13(10-16)6-8-15/h5-8,14,17-18H,4,9,11-12H2,1H3. The molecule has 4 heteroatoms. The molecule has 0 heterocycles. The lowest BCUT2D eigenvalue weighted by Gasteiger charge is -2.12. The molecule has 1 atom stereocenters. The van der Waals surface area contributed by atoms with Crippen LogP contribution in [0.4, 0.5) is 0 Å². The van der Waals surface area contributed by atoms with Crippen molar-refractivity contribution in [3.63, 3.8) is 0 Å². The van der Waals surface area contributed by atoms with Gasteiger partial charge in [0.25, 0.3) is 0 Å². The smallest absolute Gasteiger partial charge is 0.119 e. The average molecular weight is 258 g/mol. The first-order valence-electron chi connectivity index (χ1n) is 6.17. The summed E-state index contributed by atoms with van der Waals surface area (Å²) in [7, 11) is 0. The van der Waals surface area contributed by atoms with Crippen molar-refractivity contribution in [1.29, 1.82) is 5.26 Å². The maximum absolute atomic E-state index is 9.69. The molecule has 1 unspecified atom stereocenters. The Kier molecular flexibility index (Phi) is 7.12. The Morgan fingerprint density at radius 3 is 2.74 bits per heavy atom. The van der Waals surface area contributed by atoms with Crippen LogP contribution in [-0.4, -0.2) is 30.9 Å². The fraction of sp³-hybridized carbons (Fsp3) is 0.400. The van der Waals surface area contributed by atoms with E-state index in [9.17, 15) is 5.11 Å². The number of benzene rings is 1. The third-order valence-corrected chi connectivity index (χ3v) is 2.41. The van der Waals surface area contributed by atoms with E-state index in [0.29, 0.717) is 17.9 Å². The first kappa shape index (κ1) is 15.0. The van der Waals surface area contributed by atoms with Gasteiger partial charge in [0.2, 0.25) is 0 Å². The van der Waals surface area contributed by atoms with E-state index in [4.69, 9.17) is 10.00 Å². The third kappa shape index (κ3) is 6.47. The molecule has 19 heavy (non-hydrogen) atoms. The number of aliphatic hydroxyl groups is 1. The molecule has 1 aromatic rings. The summed E-state index contributed by atoms with van der Waals surface area (Å²) >= 11 is 0. The minimum atomic E-state index is -0.565. The van der Waals surface area contributed by atoms with Gasteiger partial charge in [0.05, 0.1) is 11.6 Å². The Hall–Kier alpha value is -2.01. The van der Waals surface area contributed by atoms with Crippen molar-refractivity contribution in [2.45, 2.75) is 19.4 Å². The average Bonchev–Trinajstić information content (AvgIpc) is 2.45. The fourth-order valence-corrected chi connectivity index (χ4v) is 1.42. The number of nitriles is 1. The van der Waals surface area contributed by atoms with E-state index >= 15 is 0 Å². The summed E-state index contributed by atoms with van der Waals surface area (Å²) in [5.74, 6) is 6.40. The summed E-state index contributed by atoms with van der Waals surface area (Å²) in [5, 5.41) is 21.4. The van der Waals surface area contributed by atoms with Crippen LogP contribution in [0.25, 0.3) is 0 Å². The van der Waals surface area contributed by atoms with E-state index in [0.717, 1.165) is 13.0 Å². The Labute approximate surface area is 114 Å². The predicted molar refractivity (Wildman–Crippen MR) is 73.6 cm³/mol. The van der Waals surface area contributed by atoms with Crippen LogP contribution < -0.4 is 10.1 Å². The number of nitrogens with one attached hydrogen (secondary N) is 1. The zero-order valence-corrected chi connectivity index (χ0v) is 11.0. The van der Waals surface area contributed by atoms with E-state index < -0.39 is 6.10 Å². The first-order valence-corrected chi connectivity index (χ1v) is 6.17. The van der Waals surface area contributed by atoms with Crippen LogP contribution in [0.15, 0.2) is 24.3 Å². The van der Waals surface area contributed by atoms with Crippen molar-refractivity contribution < 1.29 is 9.84 Å². The molecular weight excluding hydrogens is 240 g/mol. The summed E-state index contributed by atoms with van der Waals surface area (Å²) in [6, 6.07) is 8.84. The minimum absolute atomic E-state index is 0.221. The molecule has 0 aliphatic carbocycles. The van der Waals surface area contributed by atoms with Crippen molar-refractivity contribution in [1.82, 2.24) is 5.32 Å².